The quantitative estimate of drug-likeness (QED) is 0.760. The van der Waals surface area contributed by atoms with Crippen molar-refractivity contribution in [1.82, 2.24) is 0 Å². The lowest BCUT2D eigenvalue weighted by Crippen LogP contribution is -2.39. The first-order chi connectivity index (χ1) is 6.90. The summed E-state index contributed by atoms with van der Waals surface area (Å²) in [5.74, 6) is -0.527. The van der Waals surface area contributed by atoms with E-state index < -0.39 is 32.9 Å². The van der Waals surface area contributed by atoms with Gasteiger partial charge in [0, 0.05) is 6.42 Å². The van der Waals surface area contributed by atoms with E-state index in [-0.39, 0.29) is 12.3 Å². The average Bonchev–Trinajstić information content (AvgIpc) is 2.00. The maximum Gasteiger partial charge on any atom is 0.389 e. The molecule has 2 nitrogen and oxygen atoms in total. The molecule has 0 atom stereocenters. The number of rotatable bonds is 5. The molecule has 98 valence electrons. The van der Waals surface area contributed by atoms with Crippen molar-refractivity contribution in [2.75, 3.05) is 5.75 Å². The van der Waals surface area contributed by atoms with Crippen LogP contribution in [0.4, 0.5) is 13.2 Å². The summed E-state index contributed by atoms with van der Waals surface area (Å²) in [6.07, 6.45) is -5.68. The first kappa shape index (κ1) is 15.7. The van der Waals surface area contributed by atoms with Crippen LogP contribution in [0.5, 0.6) is 0 Å². The van der Waals surface area contributed by atoms with E-state index in [0.717, 1.165) is 0 Å². The van der Waals surface area contributed by atoms with Crippen LogP contribution in [0.25, 0.3) is 0 Å². The summed E-state index contributed by atoms with van der Waals surface area (Å²) in [7, 11) is -3.48. The van der Waals surface area contributed by atoms with E-state index in [1.165, 1.54) is 0 Å². The molecule has 0 unspecified atom stereocenters. The van der Waals surface area contributed by atoms with Gasteiger partial charge in [-0.1, -0.05) is 13.8 Å². The SMILES string of the molecule is CC(C)C(C)(C)S(=O)(=O)CCCC(F)(F)F. The fraction of sp³-hybridized carbons (Fsp3) is 1.00. The molecule has 0 spiro atoms. The number of hydrogen-bond acceptors (Lipinski definition) is 2. The van der Waals surface area contributed by atoms with Crippen molar-refractivity contribution in [3.05, 3.63) is 0 Å². The van der Waals surface area contributed by atoms with Crippen LogP contribution < -0.4 is 0 Å². The summed E-state index contributed by atoms with van der Waals surface area (Å²) < 4.78 is 58.3. The second kappa shape index (κ2) is 4.94. The van der Waals surface area contributed by atoms with Crippen LogP contribution in [0.2, 0.25) is 0 Å². The third-order valence-electron chi connectivity index (χ3n) is 3.07. The van der Waals surface area contributed by atoms with Gasteiger partial charge >= 0.3 is 6.18 Å². The summed E-state index contributed by atoms with van der Waals surface area (Å²) in [6, 6.07) is 0. The highest BCUT2D eigenvalue weighted by molar-refractivity contribution is 7.92. The van der Waals surface area contributed by atoms with Gasteiger partial charge in [-0.2, -0.15) is 13.2 Å². The Bertz CT molecular complexity index is 315. The first-order valence-electron chi connectivity index (χ1n) is 5.19. The molecule has 0 radical (unpaired) electrons. The number of halogens is 3. The Hall–Kier alpha value is -0.260. The van der Waals surface area contributed by atoms with Crippen molar-refractivity contribution in [2.45, 2.75) is 51.5 Å². The lowest BCUT2D eigenvalue weighted by Gasteiger charge is -2.29. The second-order valence-corrected chi connectivity index (χ2v) is 7.49. The predicted molar refractivity (Wildman–Crippen MR) is 58.0 cm³/mol. The van der Waals surface area contributed by atoms with Gasteiger partial charge in [0.2, 0.25) is 0 Å². The molecule has 16 heavy (non-hydrogen) atoms. The highest BCUT2D eigenvalue weighted by atomic mass is 32.2. The molecular weight excluding hydrogens is 241 g/mol. The van der Waals surface area contributed by atoms with Crippen molar-refractivity contribution in [3.63, 3.8) is 0 Å². The van der Waals surface area contributed by atoms with E-state index >= 15 is 0 Å². The average molecular weight is 260 g/mol. The predicted octanol–water partition coefficient (Wildman–Crippen LogP) is 3.18. The Morgan fingerprint density at radius 1 is 1.12 bits per heavy atom. The minimum absolute atomic E-state index is 0.122. The molecule has 0 rings (SSSR count). The van der Waals surface area contributed by atoms with Gasteiger partial charge in [0.1, 0.15) is 0 Å². The number of alkyl halides is 3. The van der Waals surface area contributed by atoms with Crippen LogP contribution in [0.15, 0.2) is 0 Å². The second-order valence-electron chi connectivity index (χ2n) is 4.80. The maximum atomic E-state index is 11.9. The molecule has 6 heteroatoms. The Balaban J connectivity index is 4.49. The Morgan fingerprint density at radius 2 is 1.56 bits per heavy atom. The van der Waals surface area contributed by atoms with Crippen molar-refractivity contribution in [1.29, 1.82) is 0 Å². The van der Waals surface area contributed by atoms with Crippen LogP contribution in [-0.4, -0.2) is 25.1 Å². The molecule has 0 N–H and O–H groups in total. The molecule has 0 heterocycles. The summed E-state index contributed by atoms with van der Waals surface area (Å²) in [5, 5.41) is 0. The molecule has 0 aromatic rings. The van der Waals surface area contributed by atoms with E-state index in [0.29, 0.717) is 0 Å². The standard InChI is InChI=1S/C10H19F3O2S/c1-8(2)9(3,4)16(14,15)7-5-6-10(11,12)13/h8H,5-7H2,1-4H3. The third kappa shape index (κ3) is 4.31. The van der Waals surface area contributed by atoms with Crippen LogP contribution >= 0.6 is 0 Å². The number of sulfone groups is 1. The summed E-state index contributed by atoms with van der Waals surface area (Å²) >= 11 is 0. The van der Waals surface area contributed by atoms with Gasteiger partial charge in [0.15, 0.2) is 9.84 Å². The molecular formula is C10H19F3O2S. The van der Waals surface area contributed by atoms with Gasteiger partial charge in [-0.15, -0.1) is 0 Å². The van der Waals surface area contributed by atoms with E-state index in [1.54, 1.807) is 27.7 Å². The molecule has 0 aliphatic heterocycles. The molecule has 0 aromatic carbocycles. The highest BCUT2D eigenvalue weighted by Crippen LogP contribution is 2.29. The van der Waals surface area contributed by atoms with E-state index in [2.05, 4.69) is 0 Å². The van der Waals surface area contributed by atoms with Crippen molar-refractivity contribution in [2.24, 2.45) is 5.92 Å². The molecule has 0 aliphatic rings. The first-order valence-corrected chi connectivity index (χ1v) is 6.84. The van der Waals surface area contributed by atoms with Crippen molar-refractivity contribution >= 4 is 9.84 Å². The minimum Gasteiger partial charge on any atom is -0.228 e. The summed E-state index contributed by atoms with van der Waals surface area (Å²) in [4.78, 5) is 0. The van der Waals surface area contributed by atoms with Gasteiger partial charge in [-0.05, 0) is 26.2 Å². The summed E-state index contributed by atoms with van der Waals surface area (Å²) in [5.41, 5.74) is 0. The lowest BCUT2D eigenvalue weighted by atomic mass is 10.00. The normalized spacial score (nSPS) is 14.5. The fourth-order valence-corrected chi connectivity index (χ4v) is 2.85. The zero-order chi connectivity index (χ0) is 13.2. The van der Waals surface area contributed by atoms with Crippen molar-refractivity contribution < 1.29 is 21.6 Å². The Kier molecular flexibility index (Phi) is 4.86. The smallest absolute Gasteiger partial charge is 0.228 e. The monoisotopic (exact) mass is 260 g/mol. The van der Waals surface area contributed by atoms with Gasteiger partial charge < -0.3 is 0 Å². The van der Waals surface area contributed by atoms with Gasteiger partial charge in [-0.25, -0.2) is 8.42 Å². The Labute approximate surface area is 95.1 Å². The zero-order valence-electron chi connectivity index (χ0n) is 10.1. The van der Waals surface area contributed by atoms with Gasteiger partial charge in [0.25, 0.3) is 0 Å². The molecule has 0 aromatic heterocycles. The fourth-order valence-electron chi connectivity index (χ4n) is 1.08. The highest BCUT2D eigenvalue weighted by Gasteiger charge is 2.37. The molecule has 0 saturated heterocycles. The third-order valence-corrected chi connectivity index (χ3v) is 5.97. The van der Waals surface area contributed by atoms with Crippen LogP contribution in [-0.2, 0) is 9.84 Å². The van der Waals surface area contributed by atoms with E-state index in [4.69, 9.17) is 0 Å². The number of hydrogen-bond donors (Lipinski definition) is 0. The molecule has 0 fully saturated rings. The van der Waals surface area contributed by atoms with Crippen LogP contribution in [0.3, 0.4) is 0 Å². The lowest BCUT2D eigenvalue weighted by molar-refractivity contribution is -0.134. The summed E-state index contributed by atoms with van der Waals surface area (Å²) in [6.45, 7) is 6.61. The molecule has 0 aliphatic carbocycles. The van der Waals surface area contributed by atoms with Crippen LogP contribution in [0.1, 0.15) is 40.5 Å². The largest absolute Gasteiger partial charge is 0.389 e. The van der Waals surface area contributed by atoms with Gasteiger partial charge in [0.05, 0.1) is 10.5 Å². The maximum absolute atomic E-state index is 11.9. The molecule has 0 saturated carbocycles. The molecule has 0 bridgehead atoms. The van der Waals surface area contributed by atoms with Crippen molar-refractivity contribution in [3.8, 4) is 0 Å². The van der Waals surface area contributed by atoms with Gasteiger partial charge in [-0.3, -0.25) is 0 Å². The van der Waals surface area contributed by atoms with E-state index in [9.17, 15) is 21.6 Å². The Morgan fingerprint density at radius 3 is 1.88 bits per heavy atom. The van der Waals surface area contributed by atoms with E-state index in [1.807, 2.05) is 0 Å². The van der Waals surface area contributed by atoms with Crippen LogP contribution in [0, 0.1) is 5.92 Å². The minimum atomic E-state index is -4.28. The zero-order valence-corrected chi connectivity index (χ0v) is 10.9. The topological polar surface area (TPSA) is 34.1 Å². The molecule has 0 amide bonds.